The summed E-state index contributed by atoms with van der Waals surface area (Å²) in [6.07, 6.45) is 0. The molecule has 1 aromatic carbocycles. The van der Waals surface area contributed by atoms with Gasteiger partial charge in [0.15, 0.2) is 5.69 Å². The molecule has 0 aliphatic heterocycles. The molecule has 1 N–H and O–H groups in total. The van der Waals surface area contributed by atoms with Crippen molar-refractivity contribution in [2.45, 2.75) is 13.5 Å². The molecule has 1 aromatic heterocycles. The number of methoxy groups -OCH3 is 1. The molecule has 0 atom stereocenters. The summed E-state index contributed by atoms with van der Waals surface area (Å²) in [5.41, 5.74) is 0.0356. The van der Waals surface area contributed by atoms with E-state index in [0.29, 0.717) is 10.7 Å². The molecule has 1 heterocycles. The van der Waals surface area contributed by atoms with Crippen LogP contribution in [-0.2, 0) is 11.3 Å². The number of hydrogen-bond acceptors (Lipinski definition) is 6. The van der Waals surface area contributed by atoms with Gasteiger partial charge in [0.25, 0.3) is 5.56 Å². The van der Waals surface area contributed by atoms with Crippen LogP contribution in [0.1, 0.15) is 11.1 Å². The number of hydrogen-bond donors (Lipinski definition) is 1. The smallest absolute Gasteiger partial charge is 0.281 e. The lowest BCUT2D eigenvalue weighted by atomic mass is 10.1. The molecule has 8 heteroatoms. The Labute approximate surface area is 143 Å². The highest BCUT2D eigenvalue weighted by molar-refractivity contribution is 6.32. The van der Waals surface area contributed by atoms with Crippen LogP contribution in [0.5, 0.6) is 5.88 Å². The molecule has 0 amide bonds. The highest BCUT2D eigenvalue weighted by Gasteiger charge is 2.19. The van der Waals surface area contributed by atoms with Crippen molar-refractivity contribution in [2.75, 3.05) is 13.7 Å². The molecule has 0 spiro atoms. The Kier molecular flexibility index (Phi) is 5.68. The van der Waals surface area contributed by atoms with E-state index in [2.05, 4.69) is 10.2 Å². The Morgan fingerprint density at radius 1 is 1.38 bits per heavy atom. The lowest BCUT2D eigenvalue weighted by Crippen LogP contribution is -2.23. The molecule has 24 heavy (non-hydrogen) atoms. The van der Waals surface area contributed by atoms with Crippen molar-refractivity contribution in [3.63, 3.8) is 0 Å². The lowest BCUT2D eigenvalue weighted by Gasteiger charge is -2.12. The van der Waals surface area contributed by atoms with E-state index in [9.17, 15) is 15.2 Å². The van der Waals surface area contributed by atoms with Crippen LogP contribution in [0.4, 0.5) is 11.4 Å². The summed E-state index contributed by atoms with van der Waals surface area (Å²) in [6, 6.07) is 8.66. The van der Waals surface area contributed by atoms with Crippen LogP contribution >= 0.6 is 11.6 Å². The summed E-state index contributed by atoms with van der Waals surface area (Å²) >= 11 is 6.01. The van der Waals surface area contributed by atoms with E-state index in [1.54, 1.807) is 24.3 Å². The summed E-state index contributed by atoms with van der Waals surface area (Å²) in [5, 5.41) is 27.7. The molecule has 2 aromatic rings. The third-order valence-electron chi connectivity index (χ3n) is 3.40. The van der Waals surface area contributed by atoms with Crippen molar-refractivity contribution in [3.8, 4) is 11.9 Å². The van der Waals surface area contributed by atoms with Crippen molar-refractivity contribution in [3.05, 3.63) is 50.8 Å². The van der Waals surface area contributed by atoms with Crippen LogP contribution in [0.25, 0.3) is 0 Å². The molecule has 124 valence electrons. The second-order valence-electron chi connectivity index (χ2n) is 4.89. The Hall–Kier alpha value is -2.69. The minimum absolute atomic E-state index is 0.0274. The van der Waals surface area contributed by atoms with Crippen LogP contribution in [0.15, 0.2) is 39.3 Å². The normalized spacial score (nSPS) is 10.9. The maximum absolute atomic E-state index is 12.5. The SMILES string of the molecule is COCCn1c(O)c(C#N)c(C)c(N=Nc2ccccc2Cl)c1=O. The average molecular weight is 347 g/mol. The highest BCUT2D eigenvalue weighted by Crippen LogP contribution is 2.29. The maximum Gasteiger partial charge on any atom is 0.281 e. The number of nitriles is 1. The number of nitrogens with zero attached hydrogens (tertiary/aromatic N) is 4. The summed E-state index contributed by atoms with van der Waals surface area (Å²) in [6.45, 7) is 1.81. The Bertz CT molecular complexity index is 884. The summed E-state index contributed by atoms with van der Waals surface area (Å²) < 4.78 is 5.96. The quantitative estimate of drug-likeness (QED) is 0.838. The van der Waals surface area contributed by atoms with Gasteiger partial charge in [0.2, 0.25) is 5.88 Å². The number of aromatic hydroxyl groups is 1. The molecule has 0 radical (unpaired) electrons. The van der Waals surface area contributed by atoms with Gasteiger partial charge in [-0.25, -0.2) is 0 Å². The van der Waals surface area contributed by atoms with Crippen molar-refractivity contribution >= 4 is 23.0 Å². The fraction of sp³-hybridized carbons (Fsp3) is 0.250. The number of azo groups is 1. The second-order valence-corrected chi connectivity index (χ2v) is 5.29. The fourth-order valence-corrected chi connectivity index (χ4v) is 2.26. The van der Waals surface area contributed by atoms with Gasteiger partial charge >= 0.3 is 0 Å². The Morgan fingerprint density at radius 3 is 2.71 bits per heavy atom. The van der Waals surface area contributed by atoms with Crippen LogP contribution < -0.4 is 5.56 Å². The molecule has 0 saturated carbocycles. The van der Waals surface area contributed by atoms with E-state index in [-0.39, 0.29) is 30.0 Å². The largest absolute Gasteiger partial charge is 0.493 e. The van der Waals surface area contributed by atoms with E-state index in [1.165, 1.54) is 14.0 Å². The van der Waals surface area contributed by atoms with Gasteiger partial charge in [-0.15, -0.1) is 10.2 Å². The predicted molar refractivity (Wildman–Crippen MR) is 89.3 cm³/mol. The molecule has 2 rings (SSSR count). The molecule has 0 unspecified atom stereocenters. The number of halogens is 1. The van der Waals surface area contributed by atoms with Gasteiger partial charge in [-0.2, -0.15) is 5.26 Å². The van der Waals surface area contributed by atoms with Gasteiger partial charge in [0.1, 0.15) is 17.3 Å². The number of rotatable bonds is 5. The topological polar surface area (TPSA) is 100.0 Å². The van der Waals surface area contributed by atoms with E-state index >= 15 is 0 Å². The summed E-state index contributed by atoms with van der Waals surface area (Å²) in [7, 11) is 1.47. The first kappa shape index (κ1) is 17.7. The Morgan fingerprint density at radius 2 is 2.08 bits per heavy atom. The molecule has 0 saturated heterocycles. The zero-order valence-corrected chi connectivity index (χ0v) is 13.9. The van der Waals surface area contributed by atoms with Gasteiger partial charge in [-0.3, -0.25) is 9.36 Å². The molecule has 0 fully saturated rings. The standard InChI is InChI=1S/C16H15ClN4O3/c1-10-11(9-18)15(22)21(7-8-24-2)16(23)14(10)20-19-13-6-4-3-5-12(13)17/h3-6,22H,7-8H2,1-2H3. The van der Waals surface area contributed by atoms with E-state index in [0.717, 1.165) is 4.57 Å². The van der Waals surface area contributed by atoms with Crippen molar-refractivity contribution in [2.24, 2.45) is 10.2 Å². The van der Waals surface area contributed by atoms with E-state index in [1.807, 2.05) is 6.07 Å². The van der Waals surface area contributed by atoms with Crippen molar-refractivity contribution in [1.82, 2.24) is 4.57 Å². The molecule has 7 nitrogen and oxygen atoms in total. The zero-order chi connectivity index (χ0) is 17.7. The lowest BCUT2D eigenvalue weighted by molar-refractivity contribution is 0.182. The molecular weight excluding hydrogens is 332 g/mol. The first-order valence-corrected chi connectivity index (χ1v) is 7.40. The van der Waals surface area contributed by atoms with Gasteiger partial charge < -0.3 is 9.84 Å². The number of pyridine rings is 1. The second kappa shape index (κ2) is 7.73. The molecule has 0 aliphatic carbocycles. The van der Waals surface area contributed by atoms with E-state index in [4.69, 9.17) is 16.3 Å². The highest BCUT2D eigenvalue weighted by atomic mass is 35.5. The number of aromatic nitrogens is 1. The average Bonchev–Trinajstić information content (AvgIpc) is 2.56. The van der Waals surface area contributed by atoms with Crippen LogP contribution in [-0.4, -0.2) is 23.4 Å². The fourth-order valence-electron chi connectivity index (χ4n) is 2.08. The van der Waals surface area contributed by atoms with Gasteiger partial charge in [0.05, 0.1) is 18.2 Å². The van der Waals surface area contributed by atoms with Crippen molar-refractivity contribution < 1.29 is 9.84 Å². The minimum Gasteiger partial charge on any atom is -0.493 e. The predicted octanol–water partition coefficient (Wildman–Crippen LogP) is 3.45. The number of benzene rings is 1. The zero-order valence-electron chi connectivity index (χ0n) is 13.2. The van der Waals surface area contributed by atoms with Gasteiger partial charge in [-0.05, 0) is 19.1 Å². The summed E-state index contributed by atoms with van der Waals surface area (Å²) in [4.78, 5) is 12.5. The maximum atomic E-state index is 12.5. The van der Waals surface area contributed by atoms with Crippen LogP contribution in [0.3, 0.4) is 0 Å². The third-order valence-corrected chi connectivity index (χ3v) is 3.72. The van der Waals surface area contributed by atoms with E-state index < -0.39 is 11.4 Å². The van der Waals surface area contributed by atoms with Crippen molar-refractivity contribution in [1.29, 1.82) is 5.26 Å². The monoisotopic (exact) mass is 346 g/mol. The Balaban J connectivity index is 2.59. The third kappa shape index (κ3) is 3.45. The van der Waals surface area contributed by atoms with Crippen LogP contribution in [0, 0.1) is 18.3 Å². The molecule has 0 bridgehead atoms. The minimum atomic E-state index is -0.558. The van der Waals surface area contributed by atoms with Crippen LogP contribution in [0.2, 0.25) is 5.02 Å². The van der Waals surface area contributed by atoms with Gasteiger partial charge in [-0.1, -0.05) is 23.7 Å². The summed E-state index contributed by atoms with van der Waals surface area (Å²) in [5.74, 6) is -0.409. The van der Waals surface area contributed by atoms with Gasteiger partial charge in [0, 0.05) is 12.7 Å². The first-order valence-electron chi connectivity index (χ1n) is 7.03. The molecular formula is C16H15ClN4O3. The number of ether oxygens (including phenoxy) is 1. The molecule has 0 aliphatic rings. The first-order chi connectivity index (χ1) is 11.5.